The standard InChI is InChI=1S/C45H83O12P/c1-3-5-7-9-11-13-15-17-18-19-20-21-23-25-27-29-31-33-35-54-36-38(37-55-58(52,53)57-45-43(50)41(48)40(47)42(49)44(45)51)56-39(46)34-32-30-28-26-24-22-16-14-12-10-8-6-4-2/h6,8,12,14,22,24,38,40-45,47-51H,3-5,7,9-11,13,15-21,23,25-37H2,1-2H3,(H,52,53)/b8-6-,14-12-,24-22-. The fraction of sp³-hybridized carbons (Fsp3) is 0.844. The zero-order chi connectivity index (χ0) is 42.7. The predicted octanol–water partition coefficient (Wildman–Crippen LogP) is 9.09. The Labute approximate surface area is 351 Å². The van der Waals surface area contributed by atoms with Crippen molar-refractivity contribution in [2.24, 2.45) is 0 Å². The van der Waals surface area contributed by atoms with Gasteiger partial charge in [-0.25, -0.2) is 4.57 Å². The van der Waals surface area contributed by atoms with Crippen molar-refractivity contribution >= 4 is 13.8 Å². The van der Waals surface area contributed by atoms with Crippen LogP contribution in [0.15, 0.2) is 36.5 Å². The highest BCUT2D eigenvalue weighted by Crippen LogP contribution is 2.47. The highest BCUT2D eigenvalue weighted by atomic mass is 31.2. The Kier molecular flexibility index (Phi) is 34.1. The summed E-state index contributed by atoms with van der Waals surface area (Å²) in [6, 6.07) is 0. The van der Waals surface area contributed by atoms with Crippen LogP contribution in [0.4, 0.5) is 0 Å². The smallest absolute Gasteiger partial charge is 0.457 e. The topological polar surface area (TPSA) is 192 Å². The third-order valence-electron chi connectivity index (χ3n) is 10.5. The van der Waals surface area contributed by atoms with Crippen LogP contribution in [-0.2, 0) is 27.9 Å². The number of ether oxygens (including phenoxy) is 2. The van der Waals surface area contributed by atoms with E-state index in [0.717, 1.165) is 57.8 Å². The first kappa shape index (κ1) is 54.6. The lowest BCUT2D eigenvalue weighted by Gasteiger charge is -2.41. The molecule has 13 heteroatoms. The molecule has 1 aliphatic rings. The molecule has 1 saturated carbocycles. The number of phosphoric ester groups is 1. The van der Waals surface area contributed by atoms with Gasteiger partial charge in [0.25, 0.3) is 0 Å². The van der Waals surface area contributed by atoms with Gasteiger partial charge in [0.1, 0.15) is 42.7 Å². The van der Waals surface area contributed by atoms with E-state index in [2.05, 4.69) is 50.3 Å². The maximum absolute atomic E-state index is 12.8. The Hall–Kier alpha value is -1.44. The zero-order valence-corrected chi connectivity index (χ0v) is 37.0. The molecule has 0 amide bonds. The van der Waals surface area contributed by atoms with Crippen molar-refractivity contribution in [1.29, 1.82) is 0 Å². The largest absolute Gasteiger partial charge is 0.472 e. The van der Waals surface area contributed by atoms with Crippen LogP contribution in [0, 0.1) is 0 Å². The maximum atomic E-state index is 12.8. The normalized spacial score (nSPS) is 23.0. The third kappa shape index (κ3) is 28.2. The number of aliphatic hydroxyl groups is 5. The Bertz CT molecular complexity index is 1100. The SMILES string of the molecule is CC/C=C\C/C=C\C/C=C\CCCCCC(=O)OC(COCCCCCCCCCCCCCCCCCCCC)COP(=O)(O)OC1C(O)C(O)C(O)C(O)C1O. The summed E-state index contributed by atoms with van der Waals surface area (Å²) >= 11 is 0. The molecule has 0 spiro atoms. The van der Waals surface area contributed by atoms with Crippen molar-refractivity contribution in [2.45, 2.75) is 224 Å². The Morgan fingerprint density at radius 1 is 0.569 bits per heavy atom. The lowest BCUT2D eigenvalue weighted by Crippen LogP contribution is -2.64. The summed E-state index contributed by atoms with van der Waals surface area (Å²) in [6.07, 6.45) is 29.4. The van der Waals surface area contributed by atoms with E-state index in [1.807, 2.05) is 0 Å². The van der Waals surface area contributed by atoms with Gasteiger partial charge in [-0.2, -0.15) is 0 Å². The van der Waals surface area contributed by atoms with Gasteiger partial charge in [-0.05, 0) is 44.9 Å². The molecule has 0 aromatic rings. The fourth-order valence-electron chi connectivity index (χ4n) is 6.90. The summed E-state index contributed by atoms with van der Waals surface area (Å²) in [5, 5.41) is 50.1. The van der Waals surface area contributed by atoms with Gasteiger partial charge in [-0.1, -0.05) is 166 Å². The summed E-state index contributed by atoms with van der Waals surface area (Å²) in [4.78, 5) is 23.1. The number of hydrogen-bond donors (Lipinski definition) is 6. The number of unbranched alkanes of at least 4 members (excludes halogenated alkanes) is 20. The molecule has 0 aliphatic heterocycles. The van der Waals surface area contributed by atoms with Crippen LogP contribution in [0.1, 0.15) is 181 Å². The molecule has 340 valence electrons. The zero-order valence-electron chi connectivity index (χ0n) is 36.1. The van der Waals surface area contributed by atoms with E-state index < -0.39 is 63.1 Å². The molecule has 0 heterocycles. The number of carbonyl (C=O) groups is 1. The summed E-state index contributed by atoms with van der Waals surface area (Å²) in [5.41, 5.74) is 0. The average Bonchev–Trinajstić information content (AvgIpc) is 3.21. The van der Waals surface area contributed by atoms with Crippen molar-refractivity contribution in [3.05, 3.63) is 36.5 Å². The molecule has 0 aromatic heterocycles. The molecule has 0 radical (unpaired) electrons. The summed E-state index contributed by atoms with van der Waals surface area (Å²) in [7, 11) is -5.02. The molecule has 1 aliphatic carbocycles. The lowest BCUT2D eigenvalue weighted by atomic mass is 9.85. The summed E-state index contributed by atoms with van der Waals surface area (Å²) in [6.45, 7) is 4.12. The van der Waals surface area contributed by atoms with Gasteiger partial charge >= 0.3 is 13.8 Å². The van der Waals surface area contributed by atoms with Crippen molar-refractivity contribution in [1.82, 2.24) is 0 Å². The number of hydrogen-bond acceptors (Lipinski definition) is 11. The molecule has 6 unspecified atom stereocenters. The molecule has 6 N–H and O–H groups in total. The Balaban J connectivity index is 2.39. The second-order valence-corrected chi connectivity index (χ2v) is 17.3. The van der Waals surface area contributed by atoms with Gasteiger partial charge in [0.15, 0.2) is 0 Å². The average molecular weight is 847 g/mol. The van der Waals surface area contributed by atoms with Crippen molar-refractivity contribution in [3.8, 4) is 0 Å². The number of aliphatic hydroxyl groups excluding tert-OH is 5. The number of carbonyl (C=O) groups excluding carboxylic acids is 1. The van der Waals surface area contributed by atoms with Crippen LogP contribution in [0.2, 0.25) is 0 Å². The number of esters is 1. The van der Waals surface area contributed by atoms with Crippen LogP contribution in [0.5, 0.6) is 0 Å². The van der Waals surface area contributed by atoms with E-state index in [0.29, 0.717) is 13.0 Å². The molecule has 12 nitrogen and oxygen atoms in total. The van der Waals surface area contributed by atoms with Crippen molar-refractivity contribution < 1.29 is 58.3 Å². The summed E-state index contributed by atoms with van der Waals surface area (Å²) < 4.78 is 34.1. The minimum Gasteiger partial charge on any atom is -0.457 e. The molecule has 58 heavy (non-hydrogen) atoms. The van der Waals surface area contributed by atoms with Crippen LogP contribution in [0.25, 0.3) is 0 Å². The molecular weight excluding hydrogens is 763 g/mol. The van der Waals surface area contributed by atoms with Crippen molar-refractivity contribution in [2.75, 3.05) is 19.8 Å². The molecule has 1 fully saturated rings. The second kappa shape index (κ2) is 36.2. The van der Waals surface area contributed by atoms with Gasteiger partial charge in [0, 0.05) is 13.0 Å². The third-order valence-corrected chi connectivity index (χ3v) is 11.5. The van der Waals surface area contributed by atoms with Gasteiger partial charge in [-0.15, -0.1) is 0 Å². The monoisotopic (exact) mass is 847 g/mol. The number of phosphoric acid groups is 1. The summed E-state index contributed by atoms with van der Waals surface area (Å²) in [5.74, 6) is -0.504. The van der Waals surface area contributed by atoms with Crippen LogP contribution >= 0.6 is 7.82 Å². The first-order valence-electron chi connectivity index (χ1n) is 22.8. The predicted molar refractivity (Wildman–Crippen MR) is 230 cm³/mol. The molecule has 6 atom stereocenters. The van der Waals surface area contributed by atoms with E-state index in [4.69, 9.17) is 18.5 Å². The van der Waals surface area contributed by atoms with E-state index in [9.17, 15) is 39.8 Å². The van der Waals surface area contributed by atoms with E-state index in [1.165, 1.54) is 96.3 Å². The van der Waals surface area contributed by atoms with E-state index >= 15 is 0 Å². The van der Waals surface area contributed by atoms with Gasteiger partial charge < -0.3 is 39.9 Å². The van der Waals surface area contributed by atoms with E-state index in [-0.39, 0.29) is 13.0 Å². The maximum Gasteiger partial charge on any atom is 0.472 e. The first-order chi connectivity index (χ1) is 28.0. The van der Waals surface area contributed by atoms with Gasteiger partial charge in [-0.3, -0.25) is 13.8 Å². The molecular formula is C45H83O12P. The minimum atomic E-state index is -5.02. The van der Waals surface area contributed by atoms with E-state index in [1.54, 1.807) is 0 Å². The first-order valence-corrected chi connectivity index (χ1v) is 24.3. The number of allylic oxidation sites excluding steroid dienone is 6. The second-order valence-electron chi connectivity index (χ2n) is 15.9. The highest BCUT2D eigenvalue weighted by Gasteiger charge is 2.51. The fourth-order valence-corrected chi connectivity index (χ4v) is 7.87. The van der Waals surface area contributed by atoms with Gasteiger partial charge in [0.2, 0.25) is 0 Å². The number of rotatable bonds is 38. The molecule has 0 aromatic carbocycles. The van der Waals surface area contributed by atoms with Gasteiger partial charge in [0.05, 0.1) is 13.2 Å². The molecule has 1 rings (SSSR count). The van der Waals surface area contributed by atoms with Crippen LogP contribution < -0.4 is 0 Å². The van der Waals surface area contributed by atoms with Crippen molar-refractivity contribution in [3.63, 3.8) is 0 Å². The van der Waals surface area contributed by atoms with Crippen LogP contribution in [0.3, 0.4) is 0 Å². The highest BCUT2D eigenvalue weighted by molar-refractivity contribution is 7.47. The minimum absolute atomic E-state index is 0.0862. The molecule has 0 saturated heterocycles. The quantitative estimate of drug-likeness (QED) is 0.0150. The van der Waals surface area contributed by atoms with Crippen LogP contribution in [-0.4, -0.2) is 98.9 Å². The Morgan fingerprint density at radius 3 is 1.53 bits per heavy atom. The Morgan fingerprint density at radius 2 is 1.02 bits per heavy atom. The lowest BCUT2D eigenvalue weighted by molar-refractivity contribution is -0.220. The molecule has 0 bridgehead atoms.